The quantitative estimate of drug-likeness (QED) is 0.797. The van der Waals surface area contributed by atoms with E-state index in [0.717, 1.165) is 24.3 Å². The molecule has 4 nitrogen and oxygen atoms in total. The third-order valence-corrected chi connectivity index (χ3v) is 3.35. The van der Waals surface area contributed by atoms with Crippen molar-refractivity contribution in [3.05, 3.63) is 65.2 Å². The summed E-state index contributed by atoms with van der Waals surface area (Å²) in [6.45, 7) is 0.134. The van der Waals surface area contributed by atoms with E-state index in [1.54, 1.807) is 0 Å². The molecule has 2 rings (SSSR count). The molecular formula is C17H15F5N2O2. The number of nitrogens with one attached hydrogen (secondary N) is 1. The predicted molar refractivity (Wildman–Crippen MR) is 83.2 cm³/mol. The highest BCUT2D eigenvalue weighted by Gasteiger charge is 2.30. The summed E-state index contributed by atoms with van der Waals surface area (Å²) in [5.41, 5.74) is 0.976. The highest BCUT2D eigenvalue weighted by molar-refractivity contribution is 5.73. The molecule has 0 saturated carbocycles. The van der Waals surface area contributed by atoms with Crippen LogP contribution in [0.2, 0.25) is 0 Å². The van der Waals surface area contributed by atoms with Crippen molar-refractivity contribution >= 4 is 6.03 Å². The van der Waals surface area contributed by atoms with Crippen LogP contribution in [0.3, 0.4) is 0 Å². The molecule has 2 aromatic rings. The molecule has 140 valence electrons. The first-order chi connectivity index (χ1) is 12.1. The van der Waals surface area contributed by atoms with E-state index in [1.807, 2.05) is 0 Å². The van der Waals surface area contributed by atoms with Gasteiger partial charge in [0.2, 0.25) is 0 Å². The van der Waals surface area contributed by atoms with Gasteiger partial charge < -0.3 is 15.0 Å². The van der Waals surface area contributed by atoms with Gasteiger partial charge >= 0.3 is 12.4 Å². The Morgan fingerprint density at radius 1 is 1.04 bits per heavy atom. The highest BCUT2D eigenvalue weighted by atomic mass is 19.4. The number of urea groups is 1. The monoisotopic (exact) mass is 374 g/mol. The third kappa shape index (κ3) is 5.91. The number of nitrogens with zero attached hydrogens (tertiary/aromatic N) is 1. The largest absolute Gasteiger partial charge is 0.573 e. The third-order valence-electron chi connectivity index (χ3n) is 3.35. The van der Waals surface area contributed by atoms with E-state index in [0.29, 0.717) is 11.1 Å². The summed E-state index contributed by atoms with van der Waals surface area (Å²) >= 11 is 0. The summed E-state index contributed by atoms with van der Waals surface area (Å²) in [6.07, 6.45) is -4.77. The van der Waals surface area contributed by atoms with Crippen LogP contribution >= 0.6 is 0 Å². The Morgan fingerprint density at radius 2 is 1.65 bits per heavy atom. The molecule has 1 N–H and O–H groups in total. The van der Waals surface area contributed by atoms with E-state index in [9.17, 15) is 26.7 Å². The minimum Gasteiger partial charge on any atom is -0.406 e. The maximum Gasteiger partial charge on any atom is 0.573 e. The number of carbonyl (C=O) groups excluding carboxylic acids is 1. The molecule has 0 bridgehead atoms. The summed E-state index contributed by atoms with van der Waals surface area (Å²) < 4.78 is 66.0. The van der Waals surface area contributed by atoms with Gasteiger partial charge in [0, 0.05) is 20.1 Å². The van der Waals surface area contributed by atoms with Gasteiger partial charge in [0.25, 0.3) is 0 Å². The first-order valence-corrected chi connectivity index (χ1v) is 7.41. The molecule has 0 heterocycles. The fraction of sp³-hybridized carbons (Fsp3) is 0.235. The molecule has 2 aromatic carbocycles. The van der Waals surface area contributed by atoms with Crippen LogP contribution in [0.5, 0.6) is 5.75 Å². The van der Waals surface area contributed by atoms with Crippen LogP contribution in [-0.2, 0) is 13.1 Å². The SMILES string of the molecule is CN(Cc1ccc(F)c(F)c1)C(=O)NCc1ccc(OC(F)(F)F)cc1. The standard InChI is InChI=1S/C17H15F5N2O2/c1-24(10-12-4-7-14(18)15(19)8-12)16(25)23-9-11-2-5-13(6-3-11)26-17(20,21)22/h2-8H,9-10H2,1H3,(H,23,25). The summed E-state index contributed by atoms with van der Waals surface area (Å²) in [5.74, 6) is -2.33. The Labute approximate surface area is 146 Å². The molecule has 0 aliphatic carbocycles. The lowest BCUT2D eigenvalue weighted by Gasteiger charge is -2.18. The number of rotatable bonds is 5. The number of carbonyl (C=O) groups is 1. The zero-order chi connectivity index (χ0) is 19.3. The Morgan fingerprint density at radius 3 is 2.23 bits per heavy atom. The van der Waals surface area contributed by atoms with E-state index in [2.05, 4.69) is 10.1 Å². The molecule has 0 aliphatic rings. The van der Waals surface area contributed by atoms with Gasteiger partial charge in [-0.05, 0) is 35.4 Å². The van der Waals surface area contributed by atoms with Crippen molar-refractivity contribution in [2.45, 2.75) is 19.5 Å². The van der Waals surface area contributed by atoms with Crippen molar-refractivity contribution in [2.75, 3.05) is 7.05 Å². The first-order valence-electron chi connectivity index (χ1n) is 7.41. The van der Waals surface area contributed by atoms with Gasteiger partial charge in [-0.1, -0.05) is 18.2 Å². The fourth-order valence-electron chi connectivity index (χ4n) is 2.11. The number of ether oxygens (including phenoxy) is 1. The van der Waals surface area contributed by atoms with Gasteiger partial charge in [-0.2, -0.15) is 0 Å². The van der Waals surface area contributed by atoms with Gasteiger partial charge in [-0.15, -0.1) is 13.2 Å². The minimum absolute atomic E-state index is 0.0569. The second-order valence-corrected chi connectivity index (χ2v) is 5.45. The van der Waals surface area contributed by atoms with E-state index < -0.39 is 24.0 Å². The van der Waals surface area contributed by atoms with Crippen LogP contribution in [0.4, 0.5) is 26.7 Å². The molecule has 26 heavy (non-hydrogen) atoms. The molecule has 0 unspecified atom stereocenters. The fourth-order valence-corrected chi connectivity index (χ4v) is 2.11. The van der Waals surface area contributed by atoms with Gasteiger partial charge in [0.15, 0.2) is 11.6 Å². The lowest BCUT2D eigenvalue weighted by molar-refractivity contribution is -0.274. The Kier molecular flexibility index (Phi) is 6.01. The van der Waals surface area contributed by atoms with Crippen molar-refractivity contribution < 1.29 is 31.5 Å². The number of alkyl halides is 3. The lowest BCUT2D eigenvalue weighted by Crippen LogP contribution is -2.36. The number of hydrogen-bond acceptors (Lipinski definition) is 2. The van der Waals surface area contributed by atoms with Gasteiger partial charge in [-0.3, -0.25) is 0 Å². The highest BCUT2D eigenvalue weighted by Crippen LogP contribution is 2.22. The van der Waals surface area contributed by atoms with Gasteiger partial charge in [0.05, 0.1) is 0 Å². The van der Waals surface area contributed by atoms with E-state index in [-0.39, 0.29) is 18.8 Å². The zero-order valence-electron chi connectivity index (χ0n) is 13.6. The molecule has 0 saturated heterocycles. The van der Waals surface area contributed by atoms with Crippen LogP contribution in [0, 0.1) is 11.6 Å². The minimum atomic E-state index is -4.77. The van der Waals surface area contributed by atoms with Gasteiger partial charge in [-0.25, -0.2) is 13.6 Å². The summed E-state index contributed by atoms with van der Waals surface area (Å²) in [6, 6.07) is 7.90. The molecule has 0 atom stereocenters. The molecule has 0 aliphatic heterocycles. The van der Waals surface area contributed by atoms with Crippen molar-refractivity contribution in [3.8, 4) is 5.75 Å². The average Bonchev–Trinajstić information content (AvgIpc) is 2.56. The first kappa shape index (κ1) is 19.5. The summed E-state index contributed by atoms with van der Waals surface area (Å²) in [4.78, 5) is 13.3. The smallest absolute Gasteiger partial charge is 0.406 e. The number of halogens is 5. The molecule has 2 amide bonds. The van der Waals surface area contributed by atoms with Crippen molar-refractivity contribution in [1.29, 1.82) is 0 Å². The topological polar surface area (TPSA) is 41.6 Å². The van der Waals surface area contributed by atoms with E-state index in [4.69, 9.17) is 0 Å². The van der Waals surface area contributed by atoms with Crippen LogP contribution in [0.15, 0.2) is 42.5 Å². The maximum atomic E-state index is 13.2. The van der Waals surface area contributed by atoms with E-state index >= 15 is 0 Å². The molecular weight excluding hydrogens is 359 g/mol. The molecule has 0 spiro atoms. The Bertz CT molecular complexity index is 763. The predicted octanol–water partition coefficient (Wildman–Crippen LogP) is 4.21. The average molecular weight is 374 g/mol. The molecule has 0 fully saturated rings. The second-order valence-electron chi connectivity index (χ2n) is 5.45. The lowest BCUT2D eigenvalue weighted by atomic mass is 10.2. The maximum absolute atomic E-state index is 13.2. The summed E-state index contributed by atoms with van der Waals surface area (Å²) in [7, 11) is 1.47. The van der Waals surface area contributed by atoms with Crippen LogP contribution in [0.1, 0.15) is 11.1 Å². The van der Waals surface area contributed by atoms with Crippen molar-refractivity contribution in [2.24, 2.45) is 0 Å². The molecule has 9 heteroatoms. The molecule has 0 radical (unpaired) electrons. The zero-order valence-corrected chi connectivity index (χ0v) is 13.6. The van der Waals surface area contributed by atoms with Gasteiger partial charge in [0.1, 0.15) is 5.75 Å². The normalized spacial score (nSPS) is 11.2. The number of hydrogen-bond donors (Lipinski definition) is 1. The number of amides is 2. The number of benzene rings is 2. The van der Waals surface area contributed by atoms with Crippen molar-refractivity contribution in [1.82, 2.24) is 10.2 Å². The van der Waals surface area contributed by atoms with Crippen molar-refractivity contribution in [3.63, 3.8) is 0 Å². The Balaban J connectivity index is 1.86. The second kappa shape index (κ2) is 8.03. The van der Waals surface area contributed by atoms with Crippen LogP contribution < -0.4 is 10.1 Å². The molecule has 0 aromatic heterocycles. The Hall–Kier alpha value is -2.84. The van der Waals surface area contributed by atoms with Crippen LogP contribution in [-0.4, -0.2) is 24.3 Å². The summed E-state index contributed by atoms with van der Waals surface area (Å²) in [5, 5.41) is 2.57. The van der Waals surface area contributed by atoms with Crippen LogP contribution in [0.25, 0.3) is 0 Å². The van der Waals surface area contributed by atoms with E-state index in [1.165, 1.54) is 30.1 Å².